The average molecular weight is 285 g/mol. The zero-order chi connectivity index (χ0) is 14.8. The molecule has 1 fully saturated rings. The third kappa shape index (κ3) is 2.94. The number of hydrogen-bond donors (Lipinski definition) is 1. The van der Waals surface area contributed by atoms with Crippen molar-refractivity contribution in [1.82, 2.24) is 0 Å². The lowest BCUT2D eigenvalue weighted by Crippen LogP contribution is -2.46. The number of nitrogen functional groups attached to an aromatic ring is 1. The first-order chi connectivity index (χ1) is 10.1. The molecule has 0 unspecified atom stereocenters. The first-order valence-electron chi connectivity index (χ1n) is 7.25. The first kappa shape index (κ1) is 13.7. The van der Waals surface area contributed by atoms with Crippen molar-refractivity contribution in [1.29, 1.82) is 0 Å². The molecule has 1 aliphatic rings. The minimum atomic E-state index is -0.283. The number of nitrogens with zero attached hydrogens (tertiary/aromatic N) is 2. The highest BCUT2D eigenvalue weighted by molar-refractivity contribution is 5.68. The van der Waals surface area contributed by atoms with Crippen molar-refractivity contribution in [2.75, 3.05) is 41.7 Å². The molecule has 0 aromatic heterocycles. The second-order valence-electron chi connectivity index (χ2n) is 5.52. The van der Waals surface area contributed by atoms with E-state index in [4.69, 9.17) is 5.73 Å². The Hall–Kier alpha value is -2.23. The number of anilines is 3. The summed E-state index contributed by atoms with van der Waals surface area (Å²) in [6, 6.07) is 13.2. The molecule has 1 saturated heterocycles. The molecule has 21 heavy (non-hydrogen) atoms. The van der Waals surface area contributed by atoms with Crippen molar-refractivity contribution in [3.8, 4) is 0 Å². The highest BCUT2D eigenvalue weighted by Gasteiger charge is 2.19. The van der Waals surface area contributed by atoms with E-state index in [0.29, 0.717) is 5.69 Å². The maximum Gasteiger partial charge on any atom is 0.125 e. The van der Waals surface area contributed by atoms with Gasteiger partial charge in [0.05, 0.1) is 11.4 Å². The molecule has 4 heteroatoms. The summed E-state index contributed by atoms with van der Waals surface area (Å²) in [6.45, 7) is 5.78. The summed E-state index contributed by atoms with van der Waals surface area (Å²) in [5.74, 6) is -0.283. The predicted molar refractivity (Wildman–Crippen MR) is 86.4 cm³/mol. The van der Waals surface area contributed by atoms with Crippen LogP contribution in [0, 0.1) is 12.7 Å². The van der Waals surface area contributed by atoms with E-state index >= 15 is 0 Å². The maximum atomic E-state index is 13.1. The molecule has 0 atom stereocenters. The second kappa shape index (κ2) is 5.64. The van der Waals surface area contributed by atoms with E-state index in [-0.39, 0.29) is 5.82 Å². The summed E-state index contributed by atoms with van der Waals surface area (Å²) in [7, 11) is 0. The Morgan fingerprint density at radius 2 is 1.67 bits per heavy atom. The molecular weight excluding hydrogens is 265 g/mol. The van der Waals surface area contributed by atoms with Crippen molar-refractivity contribution in [3.63, 3.8) is 0 Å². The molecule has 0 aliphatic carbocycles. The van der Waals surface area contributed by atoms with E-state index in [1.165, 1.54) is 23.4 Å². The van der Waals surface area contributed by atoms with Crippen LogP contribution in [0.5, 0.6) is 0 Å². The second-order valence-corrected chi connectivity index (χ2v) is 5.52. The van der Waals surface area contributed by atoms with Crippen molar-refractivity contribution in [2.45, 2.75) is 6.92 Å². The Morgan fingerprint density at radius 3 is 2.33 bits per heavy atom. The van der Waals surface area contributed by atoms with E-state index in [1.807, 2.05) is 0 Å². The van der Waals surface area contributed by atoms with Crippen LogP contribution < -0.4 is 15.5 Å². The fourth-order valence-electron chi connectivity index (χ4n) is 2.84. The van der Waals surface area contributed by atoms with E-state index in [2.05, 4.69) is 41.0 Å². The van der Waals surface area contributed by atoms with Crippen LogP contribution in [0.1, 0.15) is 5.56 Å². The van der Waals surface area contributed by atoms with Crippen LogP contribution in [0.4, 0.5) is 21.5 Å². The number of halogens is 1. The molecule has 2 aromatic carbocycles. The molecule has 2 aromatic rings. The third-order valence-corrected chi connectivity index (χ3v) is 3.98. The van der Waals surface area contributed by atoms with Gasteiger partial charge in [0.15, 0.2) is 0 Å². The Morgan fingerprint density at radius 1 is 0.952 bits per heavy atom. The van der Waals surface area contributed by atoms with Crippen molar-refractivity contribution in [2.24, 2.45) is 0 Å². The number of nitrogens with two attached hydrogens (primary N) is 1. The summed E-state index contributed by atoms with van der Waals surface area (Å²) in [5.41, 5.74) is 9.91. The zero-order valence-electron chi connectivity index (χ0n) is 12.2. The van der Waals surface area contributed by atoms with Crippen LogP contribution in [-0.4, -0.2) is 26.2 Å². The van der Waals surface area contributed by atoms with E-state index < -0.39 is 0 Å². The molecule has 0 bridgehead atoms. The van der Waals surface area contributed by atoms with Gasteiger partial charge >= 0.3 is 0 Å². The molecule has 0 spiro atoms. The normalized spacial score (nSPS) is 15.3. The topological polar surface area (TPSA) is 32.5 Å². The van der Waals surface area contributed by atoms with Crippen LogP contribution in [0.3, 0.4) is 0 Å². The van der Waals surface area contributed by atoms with Gasteiger partial charge in [-0.3, -0.25) is 0 Å². The average Bonchev–Trinajstić information content (AvgIpc) is 2.47. The van der Waals surface area contributed by atoms with Crippen LogP contribution in [0.15, 0.2) is 42.5 Å². The molecule has 0 saturated carbocycles. The molecule has 0 radical (unpaired) electrons. The SMILES string of the molecule is Cc1cccc(N2CCN(c3ccc(F)cc3N)CC2)c1. The zero-order valence-corrected chi connectivity index (χ0v) is 12.2. The van der Waals surface area contributed by atoms with Crippen LogP contribution in [0.2, 0.25) is 0 Å². The fourth-order valence-corrected chi connectivity index (χ4v) is 2.84. The molecular formula is C17H20FN3. The van der Waals surface area contributed by atoms with Crippen molar-refractivity contribution >= 4 is 17.1 Å². The Balaban J connectivity index is 1.70. The molecule has 2 N–H and O–H groups in total. The molecule has 1 aliphatic heterocycles. The lowest BCUT2D eigenvalue weighted by atomic mass is 10.1. The Labute approximate surface area is 124 Å². The van der Waals surface area contributed by atoms with Crippen LogP contribution in [-0.2, 0) is 0 Å². The largest absolute Gasteiger partial charge is 0.397 e. The fraction of sp³-hybridized carbons (Fsp3) is 0.294. The van der Waals surface area contributed by atoms with E-state index in [0.717, 1.165) is 31.9 Å². The summed E-state index contributed by atoms with van der Waals surface area (Å²) < 4.78 is 13.1. The summed E-state index contributed by atoms with van der Waals surface area (Å²) in [6.07, 6.45) is 0. The maximum absolute atomic E-state index is 13.1. The summed E-state index contributed by atoms with van der Waals surface area (Å²) >= 11 is 0. The Kier molecular flexibility index (Phi) is 3.69. The van der Waals surface area contributed by atoms with Gasteiger partial charge < -0.3 is 15.5 Å². The lowest BCUT2D eigenvalue weighted by Gasteiger charge is -2.38. The third-order valence-electron chi connectivity index (χ3n) is 3.98. The molecule has 0 amide bonds. The van der Waals surface area contributed by atoms with Crippen molar-refractivity contribution in [3.05, 3.63) is 53.8 Å². The minimum Gasteiger partial charge on any atom is -0.397 e. The number of hydrogen-bond acceptors (Lipinski definition) is 3. The number of aryl methyl sites for hydroxylation is 1. The number of benzene rings is 2. The Bertz CT molecular complexity index is 634. The minimum absolute atomic E-state index is 0.283. The van der Waals surface area contributed by atoms with Gasteiger partial charge in [0.1, 0.15) is 5.82 Å². The summed E-state index contributed by atoms with van der Waals surface area (Å²) in [4.78, 5) is 4.60. The van der Waals surface area contributed by atoms with Gasteiger partial charge in [-0.25, -0.2) is 4.39 Å². The van der Waals surface area contributed by atoms with E-state index in [9.17, 15) is 4.39 Å². The predicted octanol–water partition coefficient (Wildman–Crippen LogP) is 3.04. The van der Waals surface area contributed by atoms with Gasteiger partial charge in [0.2, 0.25) is 0 Å². The molecule has 3 nitrogen and oxygen atoms in total. The molecule has 3 rings (SSSR count). The van der Waals surface area contributed by atoms with Gasteiger partial charge in [-0.05, 0) is 42.8 Å². The van der Waals surface area contributed by atoms with Crippen LogP contribution in [0.25, 0.3) is 0 Å². The van der Waals surface area contributed by atoms with Gasteiger partial charge in [-0.15, -0.1) is 0 Å². The number of rotatable bonds is 2. The molecule has 1 heterocycles. The lowest BCUT2D eigenvalue weighted by molar-refractivity contribution is 0.626. The van der Waals surface area contributed by atoms with Gasteiger partial charge in [-0.1, -0.05) is 12.1 Å². The monoisotopic (exact) mass is 285 g/mol. The highest BCUT2D eigenvalue weighted by Crippen LogP contribution is 2.26. The van der Waals surface area contributed by atoms with E-state index in [1.54, 1.807) is 6.07 Å². The standard InChI is InChI=1S/C17H20FN3/c1-13-3-2-4-15(11-13)20-7-9-21(10-8-20)17-6-5-14(18)12-16(17)19/h2-6,11-12H,7-10,19H2,1H3. The first-order valence-corrected chi connectivity index (χ1v) is 7.25. The van der Waals surface area contributed by atoms with Crippen LogP contribution >= 0.6 is 0 Å². The van der Waals surface area contributed by atoms with Crippen molar-refractivity contribution < 1.29 is 4.39 Å². The van der Waals surface area contributed by atoms with Gasteiger partial charge in [0, 0.05) is 31.9 Å². The molecule has 110 valence electrons. The quantitative estimate of drug-likeness (QED) is 0.861. The summed E-state index contributed by atoms with van der Waals surface area (Å²) in [5, 5.41) is 0. The highest BCUT2D eigenvalue weighted by atomic mass is 19.1. The van der Waals surface area contributed by atoms with Gasteiger partial charge in [-0.2, -0.15) is 0 Å². The smallest absolute Gasteiger partial charge is 0.125 e. The number of piperazine rings is 1. The van der Waals surface area contributed by atoms with Gasteiger partial charge in [0.25, 0.3) is 0 Å².